The molecule has 0 saturated carbocycles. The monoisotopic (exact) mass is 286 g/mol. The van der Waals surface area contributed by atoms with E-state index in [1.54, 1.807) is 11.9 Å². The van der Waals surface area contributed by atoms with Crippen LogP contribution < -0.4 is 0 Å². The molecule has 1 fully saturated rings. The van der Waals surface area contributed by atoms with Gasteiger partial charge >= 0.3 is 6.09 Å². The van der Waals surface area contributed by atoms with Gasteiger partial charge in [-0.15, -0.1) is 0 Å². The number of likely N-dealkylation sites (tertiary alicyclic amines) is 1. The summed E-state index contributed by atoms with van der Waals surface area (Å²) in [7, 11) is 3.02. The van der Waals surface area contributed by atoms with Crippen LogP contribution in [-0.2, 0) is 14.4 Å². The number of amides is 2. The third-order valence-corrected chi connectivity index (χ3v) is 3.29. The fraction of sp³-hybridized carbons (Fsp3) is 0.857. The molecule has 20 heavy (non-hydrogen) atoms. The van der Waals surface area contributed by atoms with Crippen molar-refractivity contribution in [2.24, 2.45) is 0 Å². The smallest absolute Gasteiger partial charge is 0.410 e. The molecular weight excluding hydrogens is 260 g/mol. The Morgan fingerprint density at radius 2 is 1.95 bits per heavy atom. The van der Waals surface area contributed by atoms with Gasteiger partial charge in [-0.05, 0) is 40.0 Å². The summed E-state index contributed by atoms with van der Waals surface area (Å²) < 4.78 is 5.41. The first kappa shape index (κ1) is 16.8. The van der Waals surface area contributed by atoms with Gasteiger partial charge in [-0.2, -0.15) is 0 Å². The van der Waals surface area contributed by atoms with E-state index < -0.39 is 5.60 Å². The summed E-state index contributed by atoms with van der Waals surface area (Å²) in [5, 5.41) is 1.20. The molecule has 6 nitrogen and oxygen atoms in total. The predicted molar refractivity (Wildman–Crippen MR) is 75.0 cm³/mol. The highest BCUT2D eigenvalue weighted by atomic mass is 16.7. The van der Waals surface area contributed by atoms with Gasteiger partial charge in [-0.1, -0.05) is 0 Å². The lowest BCUT2D eigenvalue weighted by molar-refractivity contribution is -0.170. The average Bonchev–Trinajstić information content (AvgIpc) is 2.36. The van der Waals surface area contributed by atoms with Gasteiger partial charge in [-0.3, -0.25) is 9.63 Å². The molecule has 0 radical (unpaired) electrons. The fourth-order valence-corrected chi connectivity index (χ4v) is 2.21. The zero-order chi connectivity index (χ0) is 15.3. The summed E-state index contributed by atoms with van der Waals surface area (Å²) in [5.41, 5.74) is -0.521. The van der Waals surface area contributed by atoms with Crippen LogP contribution in [0.2, 0.25) is 0 Å². The van der Waals surface area contributed by atoms with Crippen molar-refractivity contribution < 1.29 is 19.2 Å². The Morgan fingerprint density at radius 3 is 2.50 bits per heavy atom. The van der Waals surface area contributed by atoms with E-state index in [1.165, 1.54) is 12.2 Å². The molecule has 0 aromatic carbocycles. The molecule has 116 valence electrons. The van der Waals surface area contributed by atoms with Gasteiger partial charge in [0.15, 0.2) is 0 Å². The summed E-state index contributed by atoms with van der Waals surface area (Å²) in [4.78, 5) is 30.7. The van der Waals surface area contributed by atoms with Crippen molar-refractivity contribution in [2.45, 2.75) is 58.1 Å². The molecule has 1 atom stereocenters. The van der Waals surface area contributed by atoms with Crippen LogP contribution in [0.25, 0.3) is 0 Å². The van der Waals surface area contributed by atoms with Crippen molar-refractivity contribution >= 4 is 12.0 Å². The maximum Gasteiger partial charge on any atom is 0.410 e. The second kappa shape index (κ2) is 6.92. The number of hydrogen-bond donors (Lipinski definition) is 0. The number of rotatable bonds is 3. The van der Waals surface area contributed by atoms with Crippen molar-refractivity contribution in [3.63, 3.8) is 0 Å². The van der Waals surface area contributed by atoms with E-state index in [0.29, 0.717) is 6.54 Å². The lowest BCUT2D eigenvalue weighted by Crippen LogP contribution is -2.48. The van der Waals surface area contributed by atoms with E-state index in [2.05, 4.69) is 0 Å². The van der Waals surface area contributed by atoms with Gasteiger partial charge in [0.2, 0.25) is 5.91 Å². The minimum Gasteiger partial charge on any atom is -0.444 e. The number of nitrogens with zero attached hydrogens (tertiary/aromatic N) is 2. The molecule has 0 aliphatic carbocycles. The highest BCUT2D eigenvalue weighted by Gasteiger charge is 2.32. The van der Waals surface area contributed by atoms with Crippen LogP contribution in [0.3, 0.4) is 0 Å². The molecule has 0 unspecified atom stereocenters. The Hall–Kier alpha value is -1.30. The molecule has 1 aliphatic rings. The summed E-state index contributed by atoms with van der Waals surface area (Å²) in [5.74, 6) is -0.132. The van der Waals surface area contributed by atoms with Crippen LogP contribution in [0.4, 0.5) is 4.79 Å². The second-order valence-electron chi connectivity index (χ2n) is 6.10. The topological polar surface area (TPSA) is 59.1 Å². The van der Waals surface area contributed by atoms with Crippen molar-refractivity contribution in [1.82, 2.24) is 9.96 Å². The second-order valence-corrected chi connectivity index (χ2v) is 6.10. The largest absolute Gasteiger partial charge is 0.444 e. The van der Waals surface area contributed by atoms with Gasteiger partial charge in [-0.25, -0.2) is 9.86 Å². The summed E-state index contributed by atoms with van der Waals surface area (Å²) in [6.07, 6.45) is 2.72. The third kappa shape index (κ3) is 5.00. The Balaban J connectivity index is 2.67. The van der Waals surface area contributed by atoms with Crippen molar-refractivity contribution in [3.8, 4) is 0 Å². The Morgan fingerprint density at radius 1 is 1.30 bits per heavy atom. The summed E-state index contributed by atoms with van der Waals surface area (Å²) in [6.45, 7) is 6.17. The van der Waals surface area contributed by atoms with Crippen LogP contribution in [-0.4, -0.2) is 54.3 Å². The number of piperidine rings is 1. The van der Waals surface area contributed by atoms with Crippen LogP contribution in [0.5, 0.6) is 0 Å². The van der Waals surface area contributed by atoms with Crippen molar-refractivity contribution in [2.75, 3.05) is 20.7 Å². The minimum atomic E-state index is -0.521. The van der Waals surface area contributed by atoms with E-state index in [-0.39, 0.29) is 24.5 Å². The normalized spacial score (nSPS) is 19.6. The Labute approximate surface area is 121 Å². The lowest BCUT2D eigenvalue weighted by Gasteiger charge is -2.36. The van der Waals surface area contributed by atoms with Crippen molar-refractivity contribution in [3.05, 3.63) is 0 Å². The molecule has 1 rings (SSSR count). The molecule has 0 spiro atoms. The Kier molecular flexibility index (Phi) is 5.80. The zero-order valence-corrected chi connectivity index (χ0v) is 13.1. The molecule has 1 heterocycles. The standard InChI is InChI=1S/C14H26N2O4/c1-14(2,3)20-13(18)16-9-7-6-8-11(16)10-12(17)15(4)19-5/h11H,6-10H2,1-5H3/t11-/m1/s1. The molecule has 6 heteroatoms. The van der Waals surface area contributed by atoms with Crippen LogP contribution in [0, 0.1) is 0 Å². The number of hydroxylamine groups is 2. The van der Waals surface area contributed by atoms with Crippen LogP contribution in [0.1, 0.15) is 46.5 Å². The third-order valence-electron chi connectivity index (χ3n) is 3.29. The number of carbonyl (C=O) groups is 2. The van der Waals surface area contributed by atoms with Gasteiger partial charge in [0.1, 0.15) is 5.60 Å². The van der Waals surface area contributed by atoms with E-state index in [4.69, 9.17) is 9.57 Å². The van der Waals surface area contributed by atoms with E-state index in [1.807, 2.05) is 20.8 Å². The van der Waals surface area contributed by atoms with Crippen molar-refractivity contribution in [1.29, 1.82) is 0 Å². The lowest BCUT2D eigenvalue weighted by atomic mass is 9.99. The highest BCUT2D eigenvalue weighted by Crippen LogP contribution is 2.23. The Bertz CT molecular complexity index is 352. The number of ether oxygens (including phenoxy) is 1. The van der Waals surface area contributed by atoms with Crippen LogP contribution >= 0.6 is 0 Å². The summed E-state index contributed by atoms with van der Waals surface area (Å²) >= 11 is 0. The first-order valence-corrected chi connectivity index (χ1v) is 7.05. The van der Waals surface area contributed by atoms with Gasteiger partial charge in [0.25, 0.3) is 0 Å². The minimum absolute atomic E-state index is 0.108. The van der Waals surface area contributed by atoms with E-state index in [0.717, 1.165) is 19.3 Å². The van der Waals surface area contributed by atoms with Crippen LogP contribution in [0.15, 0.2) is 0 Å². The SMILES string of the molecule is CON(C)C(=O)C[C@H]1CCCCN1C(=O)OC(C)(C)C. The molecule has 2 amide bonds. The maximum absolute atomic E-state index is 12.2. The van der Waals surface area contributed by atoms with E-state index in [9.17, 15) is 9.59 Å². The molecule has 0 aromatic heterocycles. The predicted octanol–water partition coefficient (Wildman–Crippen LogP) is 2.19. The fourth-order valence-electron chi connectivity index (χ4n) is 2.21. The first-order valence-electron chi connectivity index (χ1n) is 7.05. The van der Waals surface area contributed by atoms with E-state index >= 15 is 0 Å². The average molecular weight is 286 g/mol. The quantitative estimate of drug-likeness (QED) is 0.746. The molecule has 0 bridgehead atoms. The zero-order valence-electron chi connectivity index (χ0n) is 13.1. The highest BCUT2D eigenvalue weighted by molar-refractivity contribution is 5.77. The number of hydrogen-bond acceptors (Lipinski definition) is 4. The molecule has 1 aliphatic heterocycles. The number of carbonyl (C=O) groups excluding carboxylic acids is 2. The van der Waals surface area contributed by atoms with Gasteiger partial charge in [0.05, 0.1) is 7.11 Å². The first-order chi connectivity index (χ1) is 9.24. The van der Waals surface area contributed by atoms with Gasteiger partial charge < -0.3 is 9.64 Å². The molecule has 0 aromatic rings. The van der Waals surface area contributed by atoms with Gasteiger partial charge in [0, 0.05) is 26.1 Å². The molecule has 0 N–H and O–H groups in total. The maximum atomic E-state index is 12.2. The molecule has 1 saturated heterocycles. The molecular formula is C14H26N2O4. The summed E-state index contributed by atoms with van der Waals surface area (Å²) in [6, 6.07) is -0.108.